The zero-order valence-corrected chi connectivity index (χ0v) is 73.2. The molecule has 0 saturated carbocycles. The van der Waals surface area contributed by atoms with Crippen molar-refractivity contribution in [3.8, 4) is 5.75 Å². The highest BCUT2D eigenvalue weighted by atomic mass is 33.1. The number of ether oxygens (including phenoxy) is 2. The minimum atomic E-state index is -1.63. The number of hydrogen-bond donors (Lipinski definition) is 11. The number of likely N-dealkylation sites (tertiary alicyclic amines) is 1. The molecule has 1 saturated heterocycles. The van der Waals surface area contributed by atoms with Crippen LogP contribution in [-0.4, -0.2) is 235 Å². The number of aliphatic carboxylic acids is 5. The molecule has 37 heteroatoms. The molecule has 11 N–H and O–H groups in total. The lowest BCUT2D eigenvalue weighted by atomic mass is 9.82. The number of hydrogen-bond acceptors (Lipinski definition) is 26. The van der Waals surface area contributed by atoms with Gasteiger partial charge in [0.25, 0.3) is 5.91 Å². The first-order valence-corrected chi connectivity index (χ1v) is 44.0. The van der Waals surface area contributed by atoms with E-state index >= 15 is 0 Å². The highest BCUT2D eigenvalue weighted by molar-refractivity contribution is 8.76. The Morgan fingerprint density at radius 2 is 1.31 bits per heavy atom. The lowest BCUT2D eigenvalue weighted by molar-refractivity contribution is -0.192. The van der Waals surface area contributed by atoms with Gasteiger partial charge in [0, 0.05) is 98.9 Å². The lowest BCUT2D eigenvalue weighted by Gasteiger charge is -2.39. The molecule has 672 valence electrons. The van der Waals surface area contributed by atoms with E-state index in [0.717, 1.165) is 42.2 Å². The van der Waals surface area contributed by atoms with E-state index in [1.54, 1.807) is 65.7 Å². The molecule has 1 unspecified atom stereocenters. The number of piperidine rings is 1. The van der Waals surface area contributed by atoms with Crippen LogP contribution in [0.15, 0.2) is 53.9 Å². The number of aromatic hydroxyl groups is 1. The number of aromatic nitrogens is 1. The van der Waals surface area contributed by atoms with Gasteiger partial charge in [0.05, 0.1) is 67.8 Å². The summed E-state index contributed by atoms with van der Waals surface area (Å²) in [6.07, 6.45) is 4.86. The summed E-state index contributed by atoms with van der Waals surface area (Å²) in [7, 11) is 5.91. The van der Waals surface area contributed by atoms with E-state index in [9.17, 15) is 102 Å². The number of carboxylic acid groups (broad SMARTS) is 5. The molecule has 0 spiro atoms. The van der Waals surface area contributed by atoms with Crippen molar-refractivity contribution in [2.24, 2.45) is 35.5 Å². The fourth-order valence-electron chi connectivity index (χ4n) is 13.2. The fourth-order valence-corrected chi connectivity index (χ4v) is 16.2. The predicted molar refractivity (Wildman–Crippen MR) is 448 cm³/mol. The molecular weight excluding hydrogens is 1630 g/mol. The summed E-state index contributed by atoms with van der Waals surface area (Å²) in [6, 6.07) is 8.88. The van der Waals surface area contributed by atoms with Crippen LogP contribution < -0.4 is 26.6 Å². The van der Waals surface area contributed by atoms with Crippen LogP contribution in [0.2, 0.25) is 0 Å². The molecule has 0 aliphatic carbocycles. The van der Waals surface area contributed by atoms with Crippen molar-refractivity contribution in [2.45, 2.75) is 239 Å². The minimum absolute atomic E-state index is 0.0136. The second-order valence-corrected chi connectivity index (χ2v) is 34.2. The largest absolute Gasteiger partial charge is 0.508 e. The number of rotatable bonds is 58. The normalized spacial score (nSPS) is 14.9. The van der Waals surface area contributed by atoms with Gasteiger partial charge in [-0.3, -0.25) is 76.8 Å². The second kappa shape index (κ2) is 59.0. The Kier molecular flexibility index (Phi) is 52.3. The number of phenols is 1. The number of thiazole rings is 1. The average Bonchev–Trinajstić information content (AvgIpc) is 1.16. The van der Waals surface area contributed by atoms with Crippen LogP contribution in [0, 0.1) is 35.5 Å². The average molecular weight is 1760 g/mol. The molecular formula is C84H122N8O26S3. The molecule has 0 radical (unpaired) electrons. The van der Waals surface area contributed by atoms with Crippen molar-refractivity contribution < 1.29 is 126 Å². The number of likely N-dealkylation sites (N-methyl/N-ethyl adjacent to an activating group) is 1. The van der Waals surface area contributed by atoms with Gasteiger partial charge in [-0.25, -0.2) is 9.78 Å². The molecule has 11 atom stereocenters. The van der Waals surface area contributed by atoms with Gasteiger partial charge in [-0.15, -0.1) is 11.3 Å². The van der Waals surface area contributed by atoms with Crippen LogP contribution in [0.3, 0.4) is 0 Å². The summed E-state index contributed by atoms with van der Waals surface area (Å²) >= 11 is 1.35. The van der Waals surface area contributed by atoms with Gasteiger partial charge < -0.3 is 71.6 Å². The Morgan fingerprint density at radius 3 is 1.88 bits per heavy atom. The Balaban J connectivity index is 0.000000794. The van der Waals surface area contributed by atoms with Crippen LogP contribution in [0.1, 0.15) is 222 Å². The van der Waals surface area contributed by atoms with Gasteiger partial charge in [0.1, 0.15) is 29.1 Å². The SMILES string of the molecule is CCCC(=O)OCN(C(=O)[C@@H](CC(=O)[C@H]1CCCCN1C)C(C)CC)[C@H](C[C@@H](C)c1nc(C(=O)N[C@@H](Cc2ccc(O)cc2)C[C@H](C)C(=O)NCC(C)=O)cs1)C(C)C.COCCSSC[C@H](NC(=O)[C@H](CC(=O)O)CC(=O)[C@H](CC(=O)O)NC(=O)Cc1ccc(CC(=O)NCCCC[C@H](CC(=O)CCCCC(=O)O)C(=O)O)cc1)C(=O)O.O=C=O. The molecule has 1 aliphatic heterocycles. The maximum absolute atomic E-state index is 14.8. The first kappa shape index (κ1) is 107. The van der Waals surface area contributed by atoms with Crippen molar-refractivity contribution in [1.82, 2.24) is 41.4 Å². The van der Waals surface area contributed by atoms with Gasteiger partial charge in [0.15, 0.2) is 18.3 Å². The Morgan fingerprint density at radius 1 is 0.678 bits per heavy atom. The number of unbranched alkanes of at least 4 members (excludes halogenated alkanes) is 2. The van der Waals surface area contributed by atoms with E-state index in [1.165, 1.54) is 36.2 Å². The van der Waals surface area contributed by atoms with Gasteiger partial charge >= 0.3 is 42.0 Å². The molecule has 2 aromatic carbocycles. The first-order valence-electron chi connectivity index (χ1n) is 40.6. The highest BCUT2D eigenvalue weighted by Crippen LogP contribution is 2.34. The van der Waals surface area contributed by atoms with Crippen LogP contribution in [0.25, 0.3) is 0 Å². The molecule has 2 heterocycles. The van der Waals surface area contributed by atoms with E-state index < -0.39 is 114 Å². The molecule has 6 amide bonds. The number of nitrogens with zero attached hydrogens (tertiary/aromatic N) is 3. The van der Waals surface area contributed by atoms with Gasteiger partial charge in [0.2, 0.25) is 29.5 Å². The molecule has 34 nitrogen and oxygen atoms in total. The van der Waals surface area contributed by atoms with Crippen LogP contribution in [0.4, 0.5) is 0 Å². The second-order valence-electron chi connectivity index (χ2n) is 30.6. The van der Waals surface area contributed by atoms with Crippen molar-refractivity contribution in [3.05, 3.63) is 81.3 Å². The van der Waals surface area contributed by atoms with Crippen molar-refractivity contribution >= 4 is 133 Å². The topological polar surface area (TPSA) is 527 Å². The molecule has 0 bridgehead atoms. The third-order valence-corrected chi connectivity index (χ3v) is 23.7. The number of nitrogens with one attached hydrogen (secondary N) is 5. The number of carbonyl (C=O) groups excluding carboxylic acids is 13. The Bertz CT molecular complexity index is 3890. The third-order valence-electron chi connectivity index (χ3n) is 20.2. The van der Waals surface area contributed by atoms with Gasteiger partial charge in [-0.05, 0) is 125 Å². The molecule has 3 aromatic rings. The number of phenolic OH excluding ortho intramolecular Hbond substituents is 1. The number of benzene rings is 2. The summed E-state index contributed by atoms with van der Waals surface area (Å²) in [4.78, 5) is 225. The van der Waals surface area contributed by atoms with Crippen LogP contribution in [0.5, 0.6) is 5.75 Å². The van der Waals surface area contributed by atoms with Crippen LogP contribution in [-0.2, 0) is 110 Å². The number of Topliss-reactive ketones (excluding diaryl/α,β-unsaturated/α-hetero) is 4. The van der Waals surface area contributed by atoms with E-state index in [4.69, 9.17) is 29.2 Å². The summed E-state index contributed by atoms with van der Waals surface area (Å²) in [5.41, 5.74) is 2.13. The zero-order chi connectivity index (χ0) is 90.8. The number of ketones is 4. The van der Waals surface area contributed by atoms with E-state index in [2.05, 4.69) is 31.5 Å². The summed E-state index contributed by atoms with van der Waals surface area (Å²) in [5.74, 6) is -14.3. The molecule has 1 aromatic heterocycles. The summed E-state index contributed by atoms with van der Waals surface area (Å²) in [5, 5.41) is 71.7. The fraction of sp³-hybridized carbons (Fsp3) is 0.619. The van der Waals surface area contributed by atoms with Crippen molar-refractivity contribution in [1.29, 1.82) is 0 Å². The van der Waals surface area contributed by atoms with E-state index in [-0.39, 0.29) is 165 Å². The number of carboxylic acids is 5. The monoisotopic (exact) mass is 1750 g/mol. The Hall–Kier alpha value is -9.81. The maximum Gasteiger partial charge on any atom is 0.373 e. The number of esters is 1. The molecule has 1 fully saturated rings. The minimum Gasteiger partial charge on any atom is -0.508 e. The van der Waals surface area contributed by atoms with Gasteiger partial charge in [-0.2, -0.15) is 9.59 Å². The summed E-state index contributed by atoms with van der Waals surface area (Å²) in [6.45, 7) is 16.4. The smallest absolute Gasteiger partial charge is 0.373 e. The van der Waals surface area contributed by atoms with Crippen molar-refractivity contribution in [2.75, 3.05) is 58.6 Å². The Labute approximate surface area is 717 Å². The van der Waals surface area contributed by atoms with Crippen LogP contribution >= 0.6 is 32.9 Å². The lowest BCUT2D eigenvalue weighted by Crippen LogP contribution is -2.50. The van der Waals surface area contributed by atoms with Gasteiger partial charge in [-0.1, -0.05) is 126 Å². The highest BCUT2D eigenvalue weighted by Gasteiger charge is 2.40. The first-order chi connectivity index (χ1) is 57.3. The number of carbonyl (C=O) groups is 16. The van der Waals surface area contributed by atoms with E-state index in [0.29, 0.717) is 86.3 Å². The van der Waals surface area contributed by atoms with E-state index in [1.807, 2.05) is 48.6 Å². The number of methoxy groups -OCH3 is 1. The quantitative estimate of drug-likeness (QED) is 0.0110. The maximum atomic E-state index is 14.8. The molecule has 121 heavy (non-hydrogen) atoms. The zero-order valence-electron chi connectivity index (χ0n) is 70.8. The predicted octanol–water partition coefficient (Wildman–Crippen LogP) is 8.06. The molecule has 1 aliphatic rings. The summed E-state index contributed by atoms with van der Waals surface area (Å²) < 4.78 is 10.6. The standard InChI is InChI=1S/C45H69N5O8S.C38H53N3O16S2.CO2/c1-10-14-41(54)58-27-50(45(57)36(29(5)11-2)24-40(53)38-15-12-13-20-49(38)9)39(28(3)4)22-31(7)44-48-37(26-59-44)43(56)47-34(23-33-16-18-35(52)19-17-33)21-30(6)42(55)46-25-32(8)51;1-57-14-15-58-59-22-29(38(55)56)41-36(52)26(20-34(48)49)19-30(43)28(21-35(50)51)40-32(45)17-24-11-9-23(10-12-24)16-31(44)39-13-5-4-6-25(37(53)54)18-27(42)7-2-3-8-33(46)47;2-1-3/h16-19,26,28-31,34,36,38-39,52H,10-15,20-25,27H2,1-9H3,(H,46,55)(H,47,56);9-12,25-26,28-29H,2-8,13-22H2,1H3,(H,39,44)(H,40,45)(H,41,52)(H,46,47)(H,48,49)(H,50,51)(H,53,54)(H,55,56);/t29?,30-,31+,34+,36-,38+,39+;25-,26+,28+,29+;/m01./s1. The van der Waals surface area contributed by atoms with Crippen molar-refractivity contribution in [3.63, 3.8) is 0 Å². The number of amides is 6. The molecule has 4 rings (SSSR count). The third kappa shape index (κ3) is 44.0.